The molecule has 1 aliphatic rings. The lowest BCUT2D eigenvalue weighted by atomic mass is 9.95. The van der Waals surface area contributed by atoms with E-state index in [0.29, 0.717) is 18.8 Å². The van der Waals surface area contributed by atoms with Crippen LogP contribution in [-0.2, 0) is 14.8 Å². The lowest BCUT2D eigenvalue weighted by Crippen LogP contribution is -2.18. The van der Waals surface area contributed by atoms with Crippen molar-refractivity contribution in [3.05, 3.63) is 64.2 Å². The molecule has 0 radical (unpaired) electrons. The summed E-state index contributed by atoms with van der Waals surface area (Å²) >= 11 is 0. The fraction of sp³-hybridized carbons (Fsp3) is 0.294. The van der Waals surface area contributed by atoms with Gasteiger partial charge < -0.3 is 10.1 Å². The molecule has 1 heterocycles. The molecule has 138 valence electrons. The average molecular weight is 377 g/mol. The smallest absolute Gasteiger partial charge is 0.272 e. The summed E-state index contributed by atoms with van der Waals surface area (Å²) in [5.74, 6) is 0.162. The molecule has 1 fully saturated rings. The molecule has 0 saturated carbocycles. The third kappa shape index (κ3) is 4.18. The van der Waals surface area contributed by atoms with Crippen LogP contribution in [0.5, 0.6) is 0 Å². The number of sulfonamides is 1. The molecular formula is C17H19N3O5S. The van der Waals surface area contributed by atoms with E-state index in [9.17, 15) is 18.5 Å². The molecule has 0 aromatic heterocycles. The van der Waals surface area contributed by atoms with E-state index in [0.717, 1.165) is 18.1 Å². The van der Waals surface area contributed by atoms with Crippen LogP contribution in [0.4, 0.5) is 11.4 Å². The van der Waals surface area contributed by atoms with Crippen LogP contribution in [0.15, 0.2) is 53.4 Å². The molecule has 8 nitrogen and oxygen atoms in total. The van der Waals surface area contributed by atoms with Gasteiger partial charge in [-0.3, -0.25) is 10.1 Å². The Hall–Kier alpha value is -2.49. The van der Waals surface area contributed by atoms with Crippen LogP contribution in [0.3, 0.4) is 0 Å². The van der Waals surface area contributed by atoms with Gasteiger partial charge in [0, 0.05) is 36.9 Å². The van der Waals surface area contributed by atoms with Gasteiger partial charge in [0.1, 0.15) is 0 Å². The Morgan fingerprint density at radius 1 is 1.23 bits per heavy atom. The van der Waals surface area contributed by atoms with Gasteiger partial charge in [-0.25, -0.2) is 13.6 Å². The van der Waals surface area contributed by atoms with Gasteiger partial charge >= 0.3 is 0 Å². The molecule has 2 unspecified atom stereocenters. The first-order chi connectivity index (χ1) is 12.3. The number of non-ortho nitro benzene ring substituents is 1. The Morgan fingerprint density at radius 3 is 2.62 bits per heavy atom. The summed E-state index contributed by atoms with van der Waals surface area (Å²) in [4.78, 5) is 10.1. The van der Waals surface area contributed by atoms with Crippen molar-refractivity contribution in [2.45, 2.75) is 17.4 Å². The number of nitrogens with zero attached hydrogens (tertiary/aromatic N) is 1. The summed E-state index contributed by atoms with van der Waals surface area (Å²) in [6, 6.07) is 13.4. The van der Waals surface area contributed by atoms with Crippen molar-refractivity contribution in [1.29, 1.82) is 0 Å². The number of nitro groups is 1. The van der Waals surface area contributed by atoms with Gasteiger partial charge in [0.15, 0.2) is 0 Å². The normalized spacial score (nSPS) is 20.0. The van der Waals surface area contributed by atoms with Crippen LogP contribution >= 0.6 is 0 Å². The molecule has 26 heavy (non-hydrogen) atoms. The van der Waals surface area contributed by atoms with Gasteiger partial charge in [0.25, 0.3) is 5.69 Å². The number of nitrogens with one attached hydrogen (secondary N) is 1. The monoisotopic (exact) mass is 377 g/mol. The Morgan fingerprint density at radius 2 is 1.96 bits per heavy atom. The number of nitro benzene ring substituents is 1. The van der Waals surface area contributed by atoms with Crippen molar-refractivity contribution in [3.63, 3.8) is 0 Å². The average Bonchev–Trinajstić information content (AvgIpc) is 3.08. The lowest BCUT2D eigenvalue weighted by Gasteiger charge is -2.20. The minimum absolute atomic E-state index is 0.0693. The fourth-order valence-electron chi connectivity index (χ4n) is 3.06. The molecule has 1 saturated heterocycles. The van der Waals surface area contributed by atoms with Gasteiger partial charge in [-0.1, -0.05) is 30.3 Å². The molecule has 0 spiro atoms. The SMILES string of the molecule is NS(=O)(=O)c1cc(NCC2CCOC2c2ccccc2)cc([N+](=O)[O-])c1. The molecule has 0 bridgehead atoms. The zero-order valence-corrected chi connectivity index (χ0v) is 14.7. The third-order valence-electron chi connectivity index (χ3n) is 4.34. The largest absolute Gasteiger partial charge is 0.384 e. The molecule has 1 aliphatic heterocycles. The van der Waals surface area contributed by atoms with Gasteiger partial charge in [-0.05, 0) is 18.1 Å². The fourth-order valence-corrected chi connectivity index (χ4v) is 3.63. The first-order valence-corrected chi connectivity index (χ1v) is 9.62. The molecule has 0 aliphatic carbocycles. The topological polar surface area (TPSA) is 125 Å². The van der Waals surface area contributed by atoms with Crippen LogP contribution in [0, 0.1) is 16.0 Å². The summed E-state index contributed by atoms with van der Waals surface area (Å²) in [5.41, 5.74) is 1.07. The molecule has 2 atom stereocenters. The maximum absolute atomic E-state index is 11.6. The Balaban J connectivity index is 1.78. The van der Waals surface area contributed by atoms with E-state index in [1.807, 2.05) is 30.3 Å². The zero-order chi connectivity index (χ0) is 18.7. The van der Waals surface area contributed by atoms with E-state index in [2.05, 4.69) is 5.32 Å². The maximum Gasteiger partial charge on any atom is 0.272 e. The molecule has 2 aromatic carbocycles. The highest BCUT2D eigenvalue weighted by atomic mass is 32.2. The highest BCUT2D eigenvalue weighted by Gasteiger charge is 2.29. The molecule has 9 heteroatoms. The van der Waals surface area contributed by atoms with E-state index in [4.69, 9.17) is 9.88 Å². The van der Waals surface area contributed by atoms with Gasteiger partial charge in [-0.2, -0.15) is 0 Å². The van der Waals surface area contributed by atoms with Gasteiger partial charge in [0.2, 0.25) is 10.0 Å². The molecule has 3 N–H and O–H groups in total. The minimum Gasteiger partial charge on any atom is -0.384 e. The second-order valence-electron chi connectivity index (χ2n) is 6.15. The summed E-state index contributed by atoms with van der Waals surface area (Å²) in [6.07, 6.45) is 0.767. The van der Waals surface area contributed by atoms with Crippen molar-refractivity contribution in [3.8, 4) is 0 Å². The van der Waals surface area contributed by atoms with Crippen molar-refractivity contribution >= 4 is 21.4 Å². The predicted molar refractivity (Wildman–Crippen MR) is 96.2 cm³/mol. The minimum atomic E-state index is -4.04. The summed E-state index contributed by atoms with van der Waals surface area (Å²) in [6.45, 7) is 1.12. The number of benzene rings is 2. The van der Waals surface area contributed by atoms with E-state index < -0.39 is 14.9 Å². The molecule has 0 amide bonds. The number of hydrogen-bond acceptors (Lipinski definition) is 6. The van der Waals surface area contributed by atoms with E-state index >= 15 is 0 Å². The molecular weight excluding hydrogens is 358 g/mol. The van der Waals surface area contributed by atoms with Crippen LogP contribution in [0.2, 0.25) is 0 Å². The first-order valence-electron chi connectivity index (χ1n) is 8.07. The number of rotatable bonds is 6. The number of hydrogen-bond donors (Lipinski definition) is 2. The second kappa shape index (κ2) is 7.40. The predicted octanol–water partition coefficient (Wildman–Crippen LogP) is 2.43. The van der Waals surface area contributed by atoms with Crippen LogP contribution in [0.1, 0.15) is 18.1 Å². The van der Waals surface area contributed by atoms with E-state index in [-0.39, 0.29) is 22.6 Å². The Kier molecular flexibility index (Phi) is 5.21. The van der Waals surface area contributed by atoms with Crippen molar-refractivity contribution in [2.75, 3.05) is 18.5 Å². The molecule has 3 rings (SSSR count). The number of nitrogens with two attached hydrogens (primary N) is 1. The van der Waals surface area contributed by atoms with Gasteiger partial charge in [-0.15, -0.1) is 0 Å². The maximum atomic E-state index is 11.6. The summed E-state index contributed by atoms with van der Waals surface area (Å²) in [7, 11) is -4.04. The number of anilines is 1. The van der Waals surface area contributed by atoms with Crippen molar-refractivity contribution in [2.24, 2.45) is 11.1 Å². The third-order valence-corrected chi connectivity index (χ3v) is 5.23. The quantitative estimate of drug-likeness (QED) is 0.588. The van der Waals surface area contributed by atoms with Crippen LogP contribution < -0.4 is 10.5 Å². The molecule has 2 aromatic rings. The highest BCUT2D eigenvalue weighted by molar-refractivity contribution is 7.89. The van der Waals surface area contributed by atoms with Crippen molar-refractivity contribution in [1.82, 2.24) is 0 Å². The van der Waals surface area contributed by atoms with E-state index in [1.54, 1.807) is 0 Å². The second-order valence-corrected chi connectivity index (χ2v) is 7.71. The first kappa shape index (κ1) is 18.3. The summed E-state index contributed by atoms with van der Waals surface area (Å²) < 4.78 is 28.9. The van der Waals surface area contributed by atoms with E-state index in [1.165, 1.54) is 12.1 Å². The van der Waals surface area contributed by atoms with Crippen molar-refractivity contribution < 1.29 is 18.1 Å². The lowest BCUT2D eigenvalue weighted by molar-refractivity contribution is -0.385. The number of primary sulfonamides is 1. The highest BCUT2D eigenvalue weighted by Crippen LogP contribution is 2.35. The summed E-state index contributed by atoms with van der Waals surface area (Å²) in [5, 5.41) is 19.3. The number of ether oxygens (including phenoxy) is 1. The van der Waals surface area contributed by atoms with Crippen LogP contribution in [0.25, 0.3) is 0 Å². The van der Waals surface area contributed by atoms with Crippen LogP contribution in [-0.4, -0.2) is 26.5 Å². The standard InChI is InChI=1S/C17H19N3O5S/c18-26(23,24)16-9-14(8-15(10-16)20(21)22)19-11-13-6-7-25-17(13)12-4-2-1-3-5-12/h1-5,8-10,13,17,19H,6-7,11H2,(H2,18,23,24). The Labute approximate surface area is 151 Å². The Bertz CT molecular complexity index is 902. The van der Waals surface area contributed by atoms with Gasteiger partial charge in [0.05, 0.1) is 15.9 Å². The zero-order valence-electron chi connectivity index (χ0n) is 13.9.